The first-order chi connectivity index (χ1) is 12.2. The van der Waals surface area contributed by atoms with E-state index in [-0.39, 0.29) is 12.4 Å². The number of aryl methyl sites for hydroxylation is 2. The van der Waals surface area contributed by atoms with Gasteiger partial charge in [-0.1, -0.05) is 30.3 Å². The molecule has 3 heterocycles. The van der Waals surface area contributed by atoms with Crippen molar-refractivity contribution in [2.45, 2.75) is 20.3 Å². The van der Waals surface area contributed by atoms with E-state index < -0.39 is 0 Å². The van der Waals surface area contributed by atoms with Crippen LogP contribution in [0, 0.1) is 6.92 Å². The summed E-state index contributed by atoms with van der Waals surface area (Å²) in [6.07, 6.45) is 2.44. The Morgan fingerprint density at radius 2 is 1.85 bits per heavy atom. The molecule has 0 atom stereocenters. The van der Waals surface area contributed by atoms with Gasteiger partial charge < -0.3 is 9.84 Å². The van der Waals surface area contributed by atoms with Crippen molar-refractivity contribution < 1.29 is 4.52 Å². The van der Waals surface area contributed by atoms with Gasteiger partial charge in [0.2, 0.25) is 0 Å². The molecule has 0 bridgehead atoms. The number of hydrogen-bond acceptors (Lipinski definition) is 6. The number of hydrogen-bond donors (Lipinski definition) is 1. The molecule has 26 heavy (non-hydrogen) atoms. The molecule has 0 aliphatic heterocycles. The molecular formula is C19H18ClN5O. The molecule has 0 fully saturated rings. The average molecular weight is 368 g/mol. The second-order valence-electron chi connectivity index (χ2n) is 5.73. The minimum Gasteiger partial charge on any atom is -0.354 e. The van der Waals surface area contributed by atoms with E-state index in [9.17, 15) is 0 Å². The molecule has 0 spiro atoms. The zero-order valence-electron chi connectivity index (χ0n) is 14.4. The van der Waals surface area contributed by atoms with Crippen molar-refractivity contribution in [2.75, 3.05) is 5.32 Å². The molecule has 6 nitrogen and oxygen atoms in total. The molecule has 0 aliphatic rings. The maximum Gasteiger partial charge on any atom is 0.261 e. The standard InChI is InChI=1S/C19H17N5O.ClH/c1-3-16-23-19(25-24-16)15-11-20-18-14(10-9-12(2)21-18)17(15)22-13-7-5-4-6-8-13;/h4-11H,3H2,1-2H3,(H,20,21,22);1H. The second kappa shape index (κ2) is 7.49. The molecule has 0 aliphatic carbocycles. The van der Waals surface area contributed by atoms with Crippen molar-refractivity contribution in [3.05, 3.63) is 60.2 Å². The van der Waals surface area contributed by atoms with Gasteiger partial charge >= 0.3 is 0 Å². The van der Waals surface area contributed by atoms with Gasteiger partial charge in [0.15, 0.2) is 11.5 Å². The van der Waals surface area contributed by atoms with Gasteiger partial charge in [-0.15, -0.1) is 12.4 Å². The van der Waals surface area contributed by atoms with Crippen LogP contribution in [-0.4, -0.2) is 20.1 Å². The van der Waals surface area contributed by atoms with Gasteiger partial charge in [-0.05, 0) is 31.2 Å². The molecular weight excluding hydrogens is 350 g/mol. The number of nitrogens with one attached hydrogen (secondary N) is 1. The second-order valence-corrected chi connectivity index (χ2v) is 5.73. The predicted octanol–water partition coefficient (Wildman–Crippen LogP) is 4.72. The first-order valence-electron chi connectivity index (χ1n) is 8.16. The summed E-state index contributed by atoms with van der Waals surface area (Å²) in [6, 6.07) is 13.9. The summed E-state index contributed by atoms with van der Waals surface area (Å²) in [4.78, 5) is 13.4. The fourth-order valence-corrected chi connectivity index (χ4v) is 2.64. The number of benzene rings is 1. The molecule has 3 aromatic heterocycles. The van der Waals surface area contributed by atoms with Crippen LogP contribution in [0.4, 0.5) is 11.4 Å². The van der Waals surface area contributed by atoms with Crippen molar-refractivity contribution in [2.24, 2.45) is 0 Å². The van der Waals surface area contributed by atoms with Crippen LogP contribution in [0.3, 0.4) is 0 Å². The molecule has 7 heteroatoms. The largest absolute Gasteiger partial charge is 0.354 e. The summed E-state index contributed by atoms with van der Waals surface area (Å²) in [5.41, 5.74) is 4.18. The van der Waals surface area contributed by atoms with Crippen LogP contribution in [-0.2, 0) is 6.42 Å². The number of nitrogens with zero attached hydrogens (tertiary/aromatic N) is 4. The van der Waals surface area contributed by atoms with Gasteiger partial charge in [0.1, 0.15) is 0 Å². The molecule has 4 aromatic rings. The number of aromatic nitrogens is 4. The number of pyridine rings is 2. The molecule has 1 N–H and O–H groups in total. The van der Waals surface area contributed by atoms with Gasteiger partial charge in [-0.25, -0.2) is 9.97 Å². The highest BCUT2D eigenvalue weighted by Crippen LogP contribution is 2.34. The molecule has 1 aromatic carbocycles. The topological polar surface area (TPSA) is 76.7 Å². The lowest BCUT2D eigenvalue weighted by Crippen LogP contribution is -1.98. The van der Waals surface area contributed by atoms with E-state index in [1.165, 1.54) is 0 Å². The third-order valence-corrected chi connectivity index (χ3v) is 3.93. The van der Waals surface area contributed by atoms with Gasteiger partial charge in [0, 0.05) is 29.4 Å². The lowest BCUT2D eigenvalue weighted by atomic mass is 10.1. The Kier molecular flexibility index (Phi) is 5.14. The molecule has 0 amide bonds. The SMILES string of the molecule is CCc1noc(-c2cnc3nc(C)ccc3c2Nc2ccccc2)n1.Cl. The Morgan fingerprint density at radius 3 is 2.58 bits per heavy atom. The zero-order chi connectivity index (χ0) is 17.2. The van der Waals surface area contributed by atoms with Gasteiger partial charge in [0.25, 0.3) is 5.89 Å². The minimum atomic E-state index is 0. The average Bonchev–Trinajstić information content (AvgIpc) is 3.11. The van der Waals surface area contributed by atoms with Crippen molar-refractivity contribution in [1.82, 2.24) is 20.1 Å². The van der Waals surface area contributed by atoms with E-state index in [1.54, 1.807) is 6.20 Å². The van der Waals surface area contributed by atoms with E-state index in [2.05, 4.69) is 25.4 Å². The van der Waals surface area contributed by atoms with Gasteiger partial charge in [0.05, 0.1) is 11.3 Å². The number of para-hydroxylation sites is 1. The summed E-state index contributed by atoms with van der Waals surface area (Å²) in [5, 5.41) is 8.35. The molecule has 132 valence electrons. The van der Waals surface area contributed by atoms with Crippen LogP contribution in [0.2, 0.25) is 0 Å². The van der Waals surface area contributed by atoms with Crippen LogP contribution < -0.4 is 5.32 Å². The fraction of sp³-hybridized carbons (Fsp3) is 0.158. The number of halogens is 1. The van der Waals surface area contributed by atoms with Crippen molar-refractivity contribution in [3.63, 3.8) is 0 Å². The fourth-order valence-electron chi connectivity index (χ4n) is 2.64. The van der Waals surface area contributed by atoms with E-state index in [1.807, 2.05) is 56.3 Å². The minimum absolute atomic E-state index is 0. The van der Waals surface area contributed by atoms with Crippen LogP contribution in [0.15, 0.2) is 53.2 Å². The van der Waals surface area contributed by atoms with E-state index in [0.29, 0.717) is 23.8 Å². The Morgan fingerprint density at radius 1 is 1.04 bits per heavy atom. The highest BCUT2D eigenvalue weighted by atomic mass is 35.5. The summed E-state index contributed by atoms with van der Waals surface area (Å²) in [7, 11) is 0. The van der Waals surface area contributed by atoms with E-state index in [4.69, 9.17) is 4.52 Å². The van der Waals surface area contributed by atoms with Crippen molar-refractivity contribution in [1.29, 1.82) is 0 Å². The number of rotatable bonds is 4. The zero-order valence-corrected chi connectivity index (χ0v) is 15.2. The highest BCUT2D eigenvalue weighted by Gasteiger charge is 2.17. The predicted molar refractivity (Wildman–Crippen MR) is 104 cm³/mol. The Labute approximate surface area is 157 Å². The van der Waals surface area contributed by atoms with Gasteiger partial charge in [-0.3, -0.25) is 0 Å². The Balaban J connectivity index is 0.00000196. The van der Waals surface area contributed by atoms with Crippen molar-refractivity contribution >= 4 is 34.8 Å². The smallest absolute Gasteiger partial charge is 0.261 e. The van der Waals surface area contributed by atoms with E-state index in [0.717, 1.165) is 28.0 Å². The number of fused-ring (bicyclic) bond motifs is 1. The van der Waals surface area contributed by atoms with E-state index >= 15 is 0 Å². The lowest BCUT2D eigenvalue weighted by Gasteiger charge is -2.12. The number of anilines is 2. The lowest BCUT2D eigenvalue weighted by molar-refractivity contribution is 0.423. The molecule has 0 radical (unpaired) electrons. The Bertz CT molecular complexity index is 1030. The third-order valence-electron chi connectivity index (χ3n) is 3.93. The first-order valence-corrected chi connectivity index (χ1v) is 8.16. The monoisotopic (exact) mass is 367 g/mol. The highest BCUT2D eigenvalue weighted by molar-refractivity contribution is 5.98. The maximum atomic E-state index is 5.43. The summed E-state index contributed by atoms with van der Waals surface area (Å²) >= 11 is 0. The molecule has 4 rings (SSSR count). The van der Waals surface area contributed by atoms with Crippen LogP contribution >= 0.6 is 12.4 Å². The normalized spacial score (nSPS) is 10.5. The van der Waals surface area contributed by atoms with Crippen molar-refractivity contribution in [3.8, 4) is 11.5 Å². The quantitative estimate of drug-likeness (QED) is 0.562. The van der Waals surface area contributed by atoms with Gasteiger partial charge in [-0.2, -0.15) is 4.98 Å². The third kappa shape index (κ3) is 3.36. The molecule has 0 unspecified atom stereocenters. The summed E-state index contributed by atoms with van der Waals surface area (Å²) < 4.78 is 5.43. The molecule has 0 saturated carbocycles. The summed E-state index contributed by atoms with van der Waals surface area (Å²) in [6.45, 7) is 3.94. The van der Waals surface area contributed by atoms with Crippen LogP contribution in [0.5, 0.6) is 0 Å². The first kappa shape index (κ1) is 17.8. The van der Waals surface area contributed by atoms with Crippen LogP contribution in [0.25, 0.3) is 22.5 Å². The Hall–Kier alpha value is -2.99. The maximum absolute atomic E-state index is 5.43. The van der Waals surface area contributed by atoms with Crippen LogP contribution in [0.1, 0.15) is 18.4 Å². The summed E-state index contributed by atoms with van der Waals surface area (Å²) in [5.74, 6) is 1.12. The molecule has 0 saturated heterocycles.